The third-order valence-electron chi connectivity index (χ3n) is 5.62. The van der Waals surface area contributed by atoms with Gasteiger partial charge in [0.25, 0.3) is 0 Å². The van der Waals surface area contributed by atoms with E-state index in [1.54, 1.807) is 0 Å². The maximum atomic E-state index is 12.2. The van der Waals surface area contributed by atoms with Crippen LogP contribution in [0.2, 0.25) is 0 Å². The Balaban J connectivity index is 0.00000342. The molecule has 1 aliphatic heterocycles. The number of halogens is 1. The number of aromatic amines is 1. The molecule has 2 amide bonds. The van der Waals surface area contributed by atoms with Gasteiger partial charge in [0.2, 0.25) is 11.8 Å². The summed E-state index contributed by atoms with van der Waals surface area (Å²) in [5, 5.41) is 21.2. The highest BCUT2D eigenvalue weighted by Gasteiger charge is 2.21. The number of H-pyrrole nitrogens is 1. The topological polar surface area (TPSA) is 128 Å². The molecular formula is C25H30ClN5O4. The summed E-state index contributed by atoms with van der Waals surface area (Å²) in [6.07, 6.45) is 1.84. The zero-order valence-electron chi connectivity index (χ0n) is 19.4. The Morgan fingerprint density at radius 3 is 2.80 bits per heavy atom. The normalized spacial score (nSPS) is 16.1. The molecule has 1 aromatic heterocycles. The molecule has 0 aliphatic carbocycles. The maximum Gasteiger partial charge on any atom is 0.240 e. The van der Waals surface area contributed by atoms with Crippen LogP contribution in [0.4, 0.5) is 5.69 Å². The van der Waals surface area contributed by atoms with E-state index in [0.717, 1.165) is 27.9 Å². The SMILES string of the molecule is CC1CC(=O)NN=C1c1ccc(NC(=O)CCNCC(O)COc2cccc3[nH]ccc23)cc1.Cl. The smallest absolute Gasteiger partial charge is 0.240 e. The molecule has 4 rings (SSSR count). The molecular weight excluding hydrogens is 470 g/mol. The van der Waals surface area contributed by atoms with Crippen LogP contribution in [0.5, 0.6) is 5.75 Å². The molecule has 5 N–H and O–H groups in total. The summed E-state index contributed by atoms with van der Waals surface area (Å²) in [5.41, 5.74) is 5.92. The average Bonchev–Trinajstić information content (AvgIpc) is 3.31. The summed E-state index contributed by atoms with van der Waals surface area (Å²) in [6, 6.07) is 15.1. The molecule has 0 spiro atoms. The van der Waals surface area contributed by atoms with Crippen LogP contribution < -0.4 is 20.8 Å². The Hall–Kier alpha value is -3.40. The fourth-order valence-electron chi connectivity index (χ4n) is 3.85. The second-order valence-electron chi connectivity index (χ2n) is 8.38. The first-order chi connectivity index (χ1) is 16.5. The number of aliphatic hydroxyl groups excluding tert-OH is 1. The first-order valence-corrected chi connectivity index (χ1v) is 11.3. The minimum absolute atomic E-state index is 0. The van der Waals surface area contributed by atoms with Gasteiger partial charge in [-0.25, -0.2) is 5.43 Å². The lowest BCUT2D eigenvalue weighted by Gasteiger charge is -2.19. The number of aromatic nitrogens is 1. The van der Waals surface area contributed by atoms with E-state index in [1.165, 1.54) is 0 Å². The summed E-state index contributed by atoms with van der Waals surface area (Å²) in [7, 11) is 0. The highest BCUT2D eigenvalue weighted by molar-refractivity contribution is 6.06. The molecule has 0 radical (unpaired) electrons. The highest BCUT2D eigenvalue weighted by Crippen LogP contribution is 2.24. The number of fused-ring (bicyclic) bond motifs is 1. The van der Waals surface area contributed by atoms with Crippen LogP contribution in [0, 0.1) is 5.92 Å². The van der Waals surface area contributed by atoms with Crippen LogP contribution in [0.15, 0.2) is 59.8 Å². The molecule has 1 aliphatic rings. The minimum atomic E-state index is -0.695. The number of nitrogens with zero attached hydrogens (tertiary/aromatic N) is 1. The van der Waals surface area contributed by atoms with Crippen LogP contribution in [-0.4, -0.2) is 53.4 Å². The van der Waals surface area contributed by atoms with E-state index < -0.39 is 6.10 Å². The molecule has 2 heterocycles. The van der Waals surface area contributed by atoms with Gasteiger partial charge in [-0.3, -0.25) is 9.59 Å². The highest BCUT2D eigenvalue weighted by atomic mass is 35.5. The van der Waals surface area contributed by atoms with Gasteiger partial charge in [0.1, 0.15) is 18.5 Å². The summed E-state index contributed by atoms with van der Waals surface area (Å²) in [5.74, 6) is 0.560. The average molecular weight is 500 g/mol. The summed E-state index contributed by atoms with van der Waals surface area (Å²) in [6.45, 7) is 2.87. The number of amides is 2. The fourth-order valence-corrected chi connectivity index (χ4v) is 3.85. The third-order valence-corrected chi connectivity index (χ3v) is 5.62. The Morgan fingerprint density at radius 1 is 1.23 bits per heavy atom. The first kappa shape index (κ1) is 26.2. The lowest BCUT2D eigenvalue weighted by Crippen LogP contribution is -2.33. The predicted molar refractivity (Wildman–Crippen MR) is 138 cm³/mol. The lowest BCUT2D eigenvalue weighted by atomic mass is 9.94. The van der Waals surface area contributed by atoms with Crippen LogP contribution in [0.25, 0.3) is 10.9 Å². The summed E-state index contributed by atoms with van der Waals surface area (Å²) >= 11 is 0. The molecule has 186 valence electrons. The molecule has 0 saturated heterocycles. The first-order valence-electron chi connectivity index (χ1n) is 11.3. The van der Waals surface area contributed by atoms with Crippen molar-refractivity contribution in [3.8, 4) is 5.75 Å². The number of rotatable bonds is 10. The zero-order chi connectivity index (χ0) is 23.9. The van der Waals surface area contributed by atoms with Crippen molar-refractivity contribution < 1.29 is 19.4 Å². The van der Waals surface area contributed by atoms with Gasteiger partial charge in [0, 0.05) is 54.6 Å². The van der Waals surface area contributed by atoms with Crippen molar-refractivity contribution in [3.05, 3.63) is 60.3 Å². The molecule has 2 unspecified atom stereocenters. The van der Waals surface area contributed by atoms with Crippen molar-refractivity contribution in [3.63, 3.8) is 0 Å². The molecule has 35 heavy (non-hydrogen) atoms. The number of hydrogen-bond acceptors (Lipinski definition) is 6. The molecule has 9 nitrogen and oxygen atoms in total. The lowest BCUT2D eigenvalue weighted by molar-refractivity contribution is -0.122. The van der Waals surface area contributed by atoms with Gasteiger partial charge in [-0.2, -0.15) is 5.10 Å². The number of benzene rings is 2. The van der Waals surface area contributed by atoms with Gasteiger partial charge in [-0.15, -0.1) is 12.4 Å². The molecule has 0 fully saturated rings. The number of nitrogens with one attached hydrogen (secondary N) is 4. The second kappa shape index (κ2) is 12.3. The molecule has 0 bridgehead atoms. The Labute approximate surface area is 209 Å². The van der Waals surface area contributed by atoms with E-state index in [0.29, 0.717) is 25.2 Å². The largest absolute Gasteiger partial charge is 0.490 e. The molecule has 0 saturated carbocycles. The number of aliphatic hydroxyl groups is 1. The Morgan fingerprint density at radius 2 is 2.03 bits per heavy atom. The van der Waals surface area contributed by atoms with Gasteiger partial charge in [-0.05, 0) is 35.9 Å². The van der Waals surface area contributed by atoms with Crippen LogP contribution in [0.1, 0.15) is 25.3 Å². The standard InChI is InChI=1S/C25H29N5O4.ClH/c1-16-13-24(33)29-30-25(16)17-5-7-18(8-6-17)28-23(32)10-11-26-14-19(31)15-34-22-4-2-3-21-20(22)9-12-27-21;/h2-9,12,16,19,26-27,31H,10-11,13-15H2,1H3,(H,28,32)(H,29,33);1H. The van der Waals surface area contributed by atoms with Gasteiger partial charge >= 0.3 is 0 Å². The molecule has 10 heteroatoms. The summed E-state index contributed by atoms with van der Waals surface area (Å²) < 4.78 is 5.74. The number of ether oxygens (including phenoxy) is 1. The van der Waals surface area contributed by atoms with Gasteiger partial charge < -0.3 is 25.5 Å². The van der Waals surface area contributed by atoms with Crippen molar-refractivity contribution in [1.29, 1.82) is 0 Å². The number of hydrazone groups is 1. The number of carbonyl (C=O) groups is 2. The van der Waals surface area contributed by atoms with E-state index in [9.17, 15) is 14.7 Å². The zero-order valence-corrected chi connectivity index (χ0v) is 20.2. The fraction of sp³-hybridized carbons (Fsp3) is 0.320. The van der Waals surface area contributed by atoms with E-state index in [4.69, 9.17) is 4.74 Å². The van der Waals surface area contributed by atoms with Crippen molar-refractivity contribution in [2.45, 2.75) is 25.9 Å². The van der Waals surface area contributed by atoms with Crippen LogP contribution in [0.3, 0.4) is 0 Å². The molecule has 2 atom stereocenters. The van der Waals surface area contributed by atoms with Crippen LogP contribution >= 0.6 is 12.4 Å². The number of carbonyl (C=O) groups excluding carboxylic acids is 2. The van der Waals surface area contributed by atoms with Crippen molar-refractivity contribution in [1.82, 2.24) is 15.7 Å². The van der Waals surface area contributed by atoms with Crippen molar-refractivity contribution >= 4 is 46.5 Å². The van der Waals surface area contributed by atoms with E-state index in [1.807, 2.05) is 61.7 Å². The maximum absolute atomic E-state index is 12.2. The Kier molecular flexibility index (Phi) is 9.25. The van der Waals surface area contributed by atoms with E-state index in [-0.39, 0.29) is 43.2 Å². The minimum Gasteiger partial charge on any atom is -0.490 e. The predicted octanol–water partition coefficient (Wildman–Crippen LogP) is 2.81. The van der Waals surface area contributed by atoms with Crippen molar-refractivity contribution in [2.24, 2.45) is 11.0 Å². The van der Waals surface area contributed by atoms with Crippen molar-refractivity contribution in [2.75, 3.05) is 25.0 Å². The van der Waals surface area contributed by atoms with Gasteiger partial charge in [0.05, 0.1) is 5.71 Å². The molecule has 2 aromatic carbocycles. The van der Waals surface area contributed by atoms with E-state index in [2.05, 4.69) is 26.1 Å². The third kappa shape index (κ3) is 7.05. The quantitative estimate of drug-likeness (QED) is 0.274. The van der Waals surface area contributed by atoms with Gasteiger partial charge in [0.15, 0.2) is 0 Å². The summed E-state index contributed by atoms with van der Waals surface area (Å²) in [4.78, 5) is 26.8. The second-order valence-corrected chi connectivity index (χ2v) is 8.38. The van der Waals surface area contributed by atoms with Gasteiger partial charge in [-0.1, -0.05) is 25.1 Å². The van der Waals surface area contributed by atoms with Crippen LogP contribution in [-0.2, 0) is 9.59 Å². The number of anilines is 1. The van der Waals surface area contributed by atoms with E-state index >= 15 is 0 Å². The monoisotopic (exact) mass is 499 g/mol. The Bertz CT molecular complexity index is 1180. The molecule has 3 aromatic rings. The number of hydrogen-bond donors (Lipinski definition) is 5.